The van der Waals surface area contributed by atoms with Crippen molar-refractivity contribution in [2.45, 2.75) is 76.8 Å². The minimum absolute atomic E-state index is 0.0436. The molecule has 0 heterocycles. The lowest BCUT2D eigenvalue weighted by Gasteiger charge is -2.37. The second-order valence-corrected chi connectivity index (χ2v) is 12.8. The van der Waals surface area contributed by atoms with Crippen LogP contribution in [0.4, 0.5) is 0 Å². The first-order valence-electron chi connectivity index (χ1n) is 8.25. The Hall–Kier alpha value is -0.843. The minimum atomic E-state index is -1.90. The summed E-state index contributed by atoms with van der Waals surface area (Å²) in [5, 5.41) is 20.6. The van der Waals surface area contributed by atoms with Crippen LogP contribution in [-0.2, 0) is 12.2 Å². The maximum atomic E-state index is 10.9. The zero-order chi connectivity index (χ0) is 16.6. The summed E-state index contributed by atoms with van der Waals surface area (Å²) in [6, 6.07) is 5.78. The molecule has 0 aliphatic heterocycles. The molecule has 1 fully saturated rings. The van der Waals surface area contributed by atoms with Crippen LogP contribution in [0.3, 0.4) is 0 Å². The Morgan fingerprint density at radius 3 is 2.27 bits per heavy atom. The number of hydrogen-bond donors (Lipinski definition) is 2. The van der Waals surface area contributed by atoms with Crippen LogP contribution >= 0.6 is 0 Å². The fraction of sp³-hybridized carbons (Fsp3) is 0.667. The van der Waals surface area contributed by atoms with E-state index in [9.17, 15) is 10.2 Å². The zero-order valence-corrected chi connectivity index (χ0v) is 15.6. The Bertz CT molecular complexity index is 526. The minimum Gasteiger partial charge on any atom is -0.543 e. The molecule has 1 aromatic carbocycles. The van der Waals surface area contributed by atoms with Gasteiger partial charge in [0.05, 0.1) is 12.2 Å². The van der Waals surface area contributed by atoms with Crippen LogP contribution in [0.25, 0.3) is 0 Å². The van der Waals surface area contributed by atoms with Crippen LogP contribution in [0.15, 0.2) is 18.2 Å². The third kappa shape index (κ3) is 3.39. The summed E-state index contributed by atoms with van der Waals surface area (Å²) in [6.07, 6.45) is 3.61. The van der Waals surface area contributed by atoms with Gasteiger partial charge in [0, 0.05) is 0 Å². The highest BCUT2D eigenvalue weighted by molar-refractivity contribution is 6.74. The molecule has 1 aliphatic rings. The van der Waals surface area contributed by atoms with Crippen LogP contribution < -0.4 is 4.43 Å². The van der Waals surface area contributed by atoms with Crippen molar-refractivity contribution >= 4 is 8.32 Å². The standard InChI is InChI=1S/C18H30O3Si/c1-17(2,3)22(4,5)21-15-9-8-14(13-19)16(12-15)18(20)10-6-7-11-18/h8-9,12,19-20H,6-7,10-11,13H2,1-5H3. The van der Waals surface area contributed by atoms with Crippen molar-refractivity contribution < 1.29 is 14.6 Å². The molecule has 1 aliphatic carbocycles. The molecule has 0 atom stereocenters. The number of benzene rings is 1. The first kappa shape index (κ1) is 17.5. The maximum Gasteiger partial charge on any atom is 0.250 e. The molecular weight excluding hydrogens is 292 g/mol. The van der Waals surface area contributed by atoms with Crippen molar-refractivity contribution in [2.24, 2.45) is 0 Å². The van der Waals surface area contributed by atoms with E-state index in [1.165, 1.54) is 0 Å². The molecule has 0 saturated heterocycles. The number of aliphatic hydroxyl groups is 2. The van der Waals surface area contributed by atoms with Crippen molar-refractivity contribution in [2.75, 3.05) is 0 Å². The van der Waals surface area contributed by atoms with Crippen LogP contribution in [0.5, 0.6) is 5.75 Å². The van der Waals surface area contributed by atoms with E-state index in [0.717, 1.165) is 42.6 Å². The molecule has 22 heavy (non-hydrogen) atoms. The lowest BCUT2D eigenvalue weighted by atomic mass is 9.88. The van der Waals surface area contributed by atoms with Gasteiger partial charge in [-0.05, 0) is 54.2 Å². The van der Waals surface area contributed by atoms with Crippen molar-refractivity contribution in [3.8, 4) is 5.75 Å². The van der Waals surface area contributed by atoms with Gasteiger partial charge in [0.25, 0.3) is 0 Å². The lowest BCUT2D eigenvalue weighted by Crippen LogP contribution is -2.43. The average Bonchev–Trinajstić information content (AvgIpc) is 2.85. The summed E-state index contributed by atoms with van der Waals surface area (Å²) < 4.78 is 6.36. The van der Waals surface area contributed by atoms with Crippen LogP contribution in [-0.4, -0.2) is 18.5 Å². The topological polar surface area (TPSA) is 49.7 Å². The quantitative estimate of drug-likeness (QED) is 0.811. The molecule has 124 valence electrons. The van der Waals surface area contributed by atoms with E-state index in [2.05, 4.69) is 33.9 Å². The molecule has 0 bridgehead atoms. The van der Waals surface area contributed by atoms with Crippen molar-refractivity contribution in [3.63, 3.8) is 0 Å². The number of aliphatic hydroxyl groups excluding tert-OH is 1. The third-order valence-corrected chi connectivity index (χ3v) is 9.72. The lowest BCUT2D eigenvalue weighted by molar-refractivity contribution is 0.0421. The van der Waals surface area contributed by atoms with Gasteiger partial charge in [-0.1, -0.05) is 39.7 Å². The van der Waals surface area contributed by atoms with Gasteiger partial charge >= 0.3 is 0 Å². The molecule has 0 aromatic heterocycles. The average molecular weight is 323 g/mol. The Labute approximate surface area is 135 Å². The van der Waals surface area contributed by atoms with E-state index in [1.807, 2.05) is 18.2 Å². The van der Waals surface area contributed by atoms with Gasteiger partial charge in [0.2, 0.25) is 8.32 Å². The number of hydrogen-bond acceptors (Lipinski definition) is 3. The van der Waals surface area contributed by atoms with Gasteiger partial charge < -0.3 is 14.6 Å². The fourth-order valence-electron chi connectivity index (χ4n) is 2.87. The summed E-state index contributed by atoms with van der Waals surface area (Å²) in [6.45, 7) is 11.0. The number of rotatable bonds is 4. The van der Waals surface area contributed by atoms with Gasteiger partial charge in [-0.3, -0.25) is 0 Å². The molecule has 1 aromatic rings. The molecule has 0 radical (unpaired) electrons. The molecule has 0 spiro atoms. The van der Waals surface area contributed by atoms with E-state index < -0.39 is 13.9 Å². The molecule has 4 heteroatoms. The molecule has 2 rings (SSSR count). The largest absolute Gasteiger partial charge is 0.543 e. The smallest absolute Gasteiger partial charge is 0.250 e. The van der Waals surface area contributed by atoms with Crippen molar-refractivity contribution in [1.29, 1.82) is 0 Å². The van der Waals surface area contributed by atoms with Crippen LogP contribution in [0.2, 0.25) is 18.1 Å². The SMILES string of the molecule is CC(C)(C)[Si](C)(C)Oc1ccc(CO)c(C2(O)CCCC2)c1. The summed E-state index contributed by atoms with van der Waals surface area (Å²) in [5.41, 5.74) is 0.862. The molecule has 2 N–H and O–H groups in total. The molecule has 0 amide bonds. The first-order valence-corrected chi connectivity index (χ1v) is 11.2. The van der Waals surface area contributed by atoms with Crippen molar-refractivity contribution in [3.05, 3.63) is 29.3 Å². The maximum absolute atomic E-state index is 10.9. The third-order valence-electron chi connectivity index (χ3n) is 5.36. The van der Waals surface area contributed by atoms with Gasteiger partial charge in [-0.25, -0.2) is 0 Å². The molecule has 3 nitrogen and oxygen atoms in total. The normalized spacial score (nSPS) is 18.5. The zero-order valence-electron chi connectivity index (χ0n) is 14.6. The molecule has 1 saturated carbocycles. The van der Waals surface area contributed by atoms with Gasteiger partial charge in [0.1, 0.15) is 5.75 Å². The van der Waals surface area contributed by atoms with E-state index >= 15 is 0 Å². The first-order chi connectivity index (χ1) is 10.1. The van der Waals surface area contributed by atoms with Crippen LogP contribution in [0, 0.1) is 0 Å². The Morgan fingerprint density at radius 1 is 1.18 bits per heavy atom. The highest BCUT2D eigenvalue weighted by Gasteiger charge is 2.40. The second kappa shape index (κ2) is 5.98. The summed E-state index contributed by atoms with van der Waals surface area (Å²) in [4.78, 5) is 0. The van der Waals surface area contributed by atoms with E-state index in [1.54, 1.807) is 0 Å². The second-order valence-electron chi connectivity index (χ2n) is 8.08. The van der Waals surface area contributed by atoms with Gasteiger partial charge in [0.15, 0.2) is 0 Å². The highest BCUT2D eigenvalue weighted by Crippen LogP contribution is 2.43. The van der Waals surface area contributed by atoms with Crippen LogP contribution in [0.1, 0.15) is 57.6 Å². The van der Waals surface area contributed by atoms with Gasteiger partial charge in [-0.15, -0.1) is 0 Å². The van der Waals surface area contributed by atoms with Crippen molar-refractivity contribution in [1.82, 2.24) is 0 Å². The Morgan fingerprint density at radius 2 is 1.77 bits per heavy atom. The molecular formula is C18H30O3Si. The van der Waals surface area contributed by atoms with E-state index in [-0.39, 0.29) is 11.6 Å². The highest BCUT2D eigenvalue weighted by atomic mass is 28.4. The fourth-order valence-corrected chi connectivity index (χ4v) is 3.89. The molecule has 0 unspecified atom stereocenters. The predicted octanol–water partition coefficient (Wildman–Crippen LogP) is 4.32. The predicted molar refractivity (Wildman–Crippen MR) is 92.6 cm³/mol. The van der Waals surface area contributed by atoms with Gasteiger partial charge in [-0.2, -0.15) is 0 Å². The Balaban J connectivity index is 2.36. The summed E-state index contributed by atoms with van der Waals surface area (Å²) >= 11 is 0. The van der Waals surface area contributed by atoms with E-state index in [0.29, 0.717) is 0 Å². The van der Waals surface area contributed by atoms with E-state index in [4.69, 9.17) is 4.43 Å². The monoisotopic (exact) mass is 322 g/mol. The summed E-state index contributed by atoms with van der Waals surface area (Å²) in [5.74, 6) is 0.819. The summed E-state index contributed by atoms with van der Waals surface area (Å²) in [7, 11) is -1.90. The Kier molecular flexibility index (Phi) is 4.76.